The van der Waals surface area contributed by atoms with Gasteiger partial charge in [0.25, 0.3) is 0 Å². The number of hydrogen-bond donors (Lipinski definition) is 2. The summed E-state index contributed by atoms with van der Waals surface area (Å²) < 4.78 is 13.3. The zero-order chi connectivity index (χ0) is 13.1. The molecule has 0 saturated heterocycles. The van der Waals surface area contributed by atoms with Gasteiger partial charge in [0.1, 0.15) is 5.82 Å². The van der Waals surface area contributed by atoms with Gasteiger partial charge in [-0.3, -0.25) is 9.59 Å². The van der Waals surface area contributed by atoms with Crippen LogP contribution in [0.2, 0.25) is 0 Å². The summed E-state index contributed by atoms with van der Waals surface area (Å²) in [5, 5.41) is 11.4. The quantitative estimate of drug-likeness (QED) is 0.866. The number of hydrogen-bond acceptors (Lipinski definition) is 2. The van der Waals surface area contributed by atoms with Gasteiger partial charge in [0.05, 0.1) is 11.6 Å². The van der Waals surface area contributed by atoms with E-state index >= 15 is 0 Å². The van der Waals surface area contributed by atoms with Crippen LogP contribution in [0.15, 0.2) is 24.3 Å². The Hall–Kier alpha value is -1.91. The third-order valence-corrected chi connectivity index (χ3v) is 3.28. The number of carbonyl (C=O) groups excluding carboxylic acids is 1. The van der Waals surface area contributed by atoms with Gasteiger partial charge in [0, 0.05) is 5.92 Å². The number of rotatable bonds is 3. The van der Waals surface area contributed by atoms with Crippen molar-refractivity contribution in [2.24, 2.45) is 11.8 Å². The highest BCUT2D eigenvalue weighted by Gasteiger charge is 2.33. The molecule has 0 aliphatic heterocycles. The molecule has 1 aromatic rings. The molecule has 4 nitrogen and oxygen atoms in total. The standard InChI is InChI=1S/C13H14FNO3/c14-10-3-1-2-4-11(10)15-12(16)8-5-6-9(7-8)13(17)18/h1-4,8-9H,5-7H2,(H,15,16)(H,17,18)/t8-,9+/m0/s1. The topological polar surface area (TPSA) is 66.4 Å². The predicted octanol–water partition coefficient (Wildman–Crippen LogP) is 2.27. The Bertz CT molecular complexity index is 475. The van der Waals surface area contributed by atoms with E-state index in [1.165, 1.54) is 12.1 Å². The number of benzene rings is 1. The highest BCUT2D eigenvalue weighted by atomic mass is 19.1. The van der Waals surface area contributed by atoms with Gasteiger partial charge in [0.2, 0.25) is 5.91 Å². The monoisotopic (exact) mass is 251 g/mol. The van der Waals surface area contributed by atoms with Crippen molar-refractivity contribution < 1.29 is 19.1 Å². The lowest BCUT2D eigenvalue weighted by Gasteiger charge is -2.11. The fraction of sp³-hybridized carbons (Fsp3) is 0.385. The number of anilines is 1. The number of carbonyl (C=O) groups is 2. The molecule has 1 aromatic carbocycles. The first-order chi connectivity index (χ1) is 8.58. The van der Waals surface area contributed by atoms with Gasteiger partial charge in [0.15, 0.2) is 0 Å². The molecule has 1 fully saturated rings. The molecule has 1 aliphatic rings. The molecule has 0 radical (unpaired) electrons. The van der Waals surface area contributed by atoms with Crippen molar-refractivity contribution >= 4 is 17.6 Å². The van der Waals surface area contributed by atoms with Crippen LogP contribution in [0.4, 0.5) is 10.1 Å². The highest BCUT2D eigenvalue weighted by Crippen LogP contribution is 2.32. The predicted molar refractivity (Wildman–Crippen MR) is 63.5 cm³/mol. The Labute approximate surface area is 104 Å². The maximum Gasteiger partial charge on any atom is 0.306 e. The molecule has 0 heterocycles. The second-order valence-electron chi connectivity index (χ2n) is 4.51. The second-order valence-corrected chi connectivity index (χ2v) is 4.51. The van der Waals surface area contributed by atoms with Crippen LogP contribution in [0.3, 0.4) is 0 Å². The maximum absolute atomic E-state index is 13.3. The molecule has 1 amide bonds. The van der Waals surface area contributed by atoms with Gasteiger partial charge in [-0.25, -0.2) is 4.39 Å². The fourth-order valence-corrected chi connectivity index (χ4v) is 2.24. The molecule has 2 rings (SSSR count). The van der Waals surface area contributed by atoms with Gasteiger partial charge in [-0.15, -0.1) is 0 Å². The SMILES string of the molecule is O=C(O)[C@@H]1CC[C@H](C(=O)Nc2ccccc2F)C1. The molecular formula is C13H14FNO3. The first-order valence-electron chi connectivity index (χ1n) is 5.86. The lowest BCUT2D eigenvalue weighted by Crippen LogP contribution is -2.22. The van der Waals surface area contributed by atoms with Crippen molar-refractivity contribution in [2.75, 3.05) is 5.32 Å². The fourth-order valence-electron chi connectivity index (χ4n) is 2.24. The Balaban J connectivity index is 1.98. The normalized spacial score (nSPS) is 22.7. The smallest absolute Gasteiger partial charge is 0.306 e. The molecule has 2 N–H and O–H groups in total. The van der Waals surface area contributed by atoms with E-state index < -0.39 is 17.7 Å². The van der Waals surface area contributed by atoms with Gasteiger partial charge < -0.3 is 10.4 Å². The molecule has 0 spiro atoms. The summed E-state index contributed by atoms with van der Waals surface area (Å²) in [6.07, 6.45) is 1.37. The molecule has 0 unspecified atom stereocenters. The van der Waals surface area contributed by atoms with Crippen molar-refractivity contribution in [3.05, 3.63) is 30.1 Å². The minimum absolute atomic E-state index is 0.140. The first kappa shape index (κ1) is 12.5. The summed E-state index contributed by atoms with van der Waals surface area (Å²) in [4.78, 5) is 22.7. The number of aliphatic carboxylic acids is 1. The Kier molecular flexibility index (Phi) is 3.60. The van der Waals surface area contributed by atoms with Crippen LogP contribution in [0, 0.1) is 17.7 Å². The zero-order valence-corrected chi connectivity index (χ0v) is 9.73. The Morgan fingerprint density at radius 2 is 1.89 bits per heavy atom. The third-order valence-electron chi connectivity index (χ3n) is 3.28. The summed E-state index contributed by atoms with van der Waals surface area (Å²) in [5.74, 6) is -2.45. The summed E-state index contributed by atoms with van der Waals surface area (Å²) in [5.41, 5.74) is 0.140. The third kappa shape index (κ3) is 2.67. The molecule has 18 heavy (non-hydrogen) atoms. The van der Waals surface area contributed by atoms with E-state index in [1.54, 1.807) is 12.1 Å². The van der Waals surface area contributed by atoms with Crippen molar-refractivity contribution in [3.63, 3.8) is 0 Å². The van der Waals surface area contributed by atoms with Crippen LogP contribution in [0.5, 0.6) is 0 Å². The van der Waals surface area contributed by atoms with E-state index in [-0.39, 0.29) is 17.5 Å². The average Bonchev–Trinajstić information content (AvgIpc) is 2.81. The Morgan fingerprint density at radius 3 is 2.50 bits per heavy atom. The van der Waals surface area contributed by atoms with E-state index in [0.717, 1.165) is 0 Å². The number of para-hydroxylation sites is 1. The van der Waals surface area contributed by atoms with Crippen molar-refractivity contribution in [3.8, 4) is 0 Å². The molecular weight excluding hydrogens is 237 g/mol. The van der Waals surface area contributed by atoms with Crippen molar-refractivity contribution in [1.82, 2.24) is 0 Å². The van der Waals surface area contributed by atoms with E-state index in [0.29, 0.717) is 19.3 Å². The largest absolute Gasteiger partial charge is 0.481 e. The molecule has 0 bridgehead atoms. The molecule has 96 valence electrons. The number of carboxylic acids is 1. The van der Waals surface area contributed by atoms with Gasteiger partial charge >= 0.3 is 5.97 Å². The van der Waals surface area contributed by atoms with Crippen LogP contribution < -0.4 is 5.32 Å². The zero-order valence-electron chi connectivity index (χ0n) is 9.73. The van der Waals surface area contributed by atoms with Crippen LogP contribution in [-0.2, 0) is 9.59 Å². The minimum Gasteiger partial charge on any atom is -0.481 e. The van der Waals surface area contributed by atoms with Crippen LogP contribution >= 0.6 is 0 Å². The summed E-state index contributed by atoms with van der Waals surface area (Å²) in [6, 6.07) is 5.93. The van der Waals surface area contributed by atoms with Gasteiger partial charge in [-0.05, 0) is 31.4 Å². The molecule has 0 aromatic heterocycles. The lowest BCUT2D eigenvalue weighted by molar-refractivity contribution is -0.141. The van der Waals surface area contributed by atoms with E-state index in [9.17, 15) is 14.0 Å². The molecule has 2 atom stereocenters. The maximum atomic E-state index is 13.3. The molecule has 1 saturated carbocycles. The number of nitrogens with one attached hydrogen (secondary N) is 1. The lowest BCUT2D eigenvalue weighted by atomic mass is 10.0. The number of amides is 1. The summed E-state index contributed by atoms with van der Waals surface area (Å²) in [7, 11) is 0. The van der Waals surface area contributed by atoms with Crippen LogP contribution in [0.25, 0.3) is 0 Å². The van der Waals surface area contributed by atoms with E-state index in [1.807, 2.05) is 0 Å². The Morgan fingerprint density at radius 1 is 1.22 bits per heavy atom. The van der Waals surface area contributed by atoms with Crippen molar-refractivity contribution in [1.29, 1.82) is 0 Å². The molecule has 1 aliphatic carbocycles. The van der Waals surface area contributed by atoms with Gasteiger partial charge in [-0.2, -0.15) is 0 Å². The second kappa shape index (κ2) is 5.16. The van der Waals surface area contributed by atoms with E-state index in [4.69, 9.17) is 5.11 Å². The first-order valence-corrected chi connectivity index (χ1v) is 5.86. The summed E-state index contributed by atoms with van der Waals surface area (Å²) in [6.45, 7) is 0. The average molecular weight is 251 g/mol. The number of carboxylic acid groups (broad SMARTS) is 1. The highest BCUT2D eigenvalue weighted by molar-refractivity contribution is 5.93. The number of halogens is 1. The molecule has 5 heteroatoms. The summed E-state index contributed by atoms with van der Waals surface area (Å²) >= 11 is 0. The van der Waals surface area contributed by atoms with E-state index in [2.05, 4.69) is 5.32 Å². The van der Waals surface area contributed by atoms with Crippen molar-refractivity contribution in [2.45, 2.75) is 19.3 Å². The van der Waals surface area contributed by atoms with Crippen LogP contribution in [-0.4, -0.2) is 17.0 Å². The van der Waals surface area contributed by atoms with Gasteiger partial charge in [-0.1, -0.05) is 12.1 Å². The van der Waals surface area contributed by atoms with Crippen LogP contribution in [0.1, 0.15) is 19.3 Å². The minimum atomic E-state index is -0.865.